The summed E-state index contributed by atoms with van der Waals surface area (Å²) < 4.78 is 10.6. The van der Waals surface area contributed by atoms with Crippen LogP contribution >= 0.6 is 0 Å². The number of methoxy groups -OCH3 is 2. The molecule has 0 amide bonds. The van der Waals surface area contributed by atoms with Gasteiger partial charge in [0, 0.05) is 18.0 Å². The minimum Gasteiger partial charge on any atom is -0.497 e. The van der Waals surface area contributed by atoms with Crippen molar-refractivity contribution < 1.29 is 9.47 Å². The number of ether oxygens (including phenoxy) is 2. The molecule has 3 heteroatoms. The van der Waals surface area contributed by atoms with Crippen molar-refractivity contribution in [2.75, 3.05) is 21.3 Å². The van der Waals surface area contributed by atoms with E-state index in [9.17, 15) is 0 Å². The van der Waals surface area contributed by atoms with E-state index in [1.807, 2.05) is 19.2 Å². The van der Waals surface area contributed by atoms with Crippen molar-refractivity contribution >= 4 is 0 Å². The highest BCUT2D eigenvalue weighted by Gasteiger charge is 2.19. The van der Waals surface area contributed by atoms with E-state index in [1.165, 1.54) is 5.56 Å². The topological polar surface area (TPSA) is 30.5 Å². The van der Waals surface area contributed by atoms with E-state index in [0.29, 0.717) is 12.0 Å². The maximum Gasteiger partial charge on any atom is 0.126 e. The summed E-state index contributed by atoms with van der Waals surface area (Å²) in [7, 11) is 5.37. The predicted octanol–water partition coefficient (Wildman–Crippen LogP) is 2.81. The summed E-state index contributed by atoms with van der Waals surface area (Å²) in [6, 6.07) is 6.46. The molecule has 0 aliphatic rings. The molecule has 96 valence electrons. The van der Waals surface area contributed by atoms with Gasteiger partial charge in [-0.2, -0.15) is 0 Å². The molecule has 2 unspecified atom stereocenters. The zero-order valence-corrected chi connectivity index (χ0v) is 11.4. The molecule has 2 atom stereocenters. The molecule has 0 bridgehead atoms. The van der Waals surface area contributed by atoms with E-state index >= 15 is 0 Å². The Morgan fingerprint density at radius 3 is 2.41 bits per heavy atom. The van der Waals surface area contributed by atoms with E-state index in [1.54, 1.807) is 14.2 Å². The Hall–Kier alpha value is -1.22. The Balaban J connectivity index is 3.03. The molecule has 0 spiro atoms. The van der Waals surface area contributed by atoms with Gasteiger partial charge >= 0.3 is 0 Å². The Kier molecular flexibility index (Phi) is 5.29. The molecule has 17 heavy (non-hydrogen) atoms. The van der Waals surface area contributed by atoms with Gasteiger partial charge in [-0.25, -0.2) is 0 Å². The Labute approximate surface area is 104 Å². The maximum atomic E-state index is 5.44. The lowest BCUT2D eigenvalue weighted by molar-refractivity contribution is 0.381. The number of rotatable bonds is 6. The van der Waals surface area contributed by atoms with Crippen LogP contribution in [0.4, 0.5) is 0 Å². The van der Waals surface area contributed by atoms with Gasteiger partial charge in [0.2, 0.25) is 0 Å². The zero-order valence-electron chi connectivity index (χ0n) is 11.4. The van der Waals surface area contributed by atoms with E-state index in [2.05, 4.69) is 25.2 Å². The van der Waals surface area contributed by atoms with Crippen LogP contribution in [0.5, 0.6) is 11.5 Å². The monoisotopic (exact) mass is 237 g/mol. The van der Waals surface area contributed by atoms with Crippen LogP contribution in [-0.2, 0) is 0 Å². The fraction of sp³-hybridized carbons (Fsp3) is 0.571. The molecule has 1 N–H and O–H groups in total. The average Bonchev–Trinajstić information content (AvgIpc) is 2.39. The fourth-order valence-corrected chi connectivity index (χ4v) is 2.22. The number of hydrogen-bond donors (Lipinski definition) is 1. The molecule has 0 saturated heterocycles. The number of likely N-dealkylation sites (N-methyl/N-ethyl adjacent to an activating group) is 1. The highest BCUT2D eigenvalue weighted by molar-refractivity contribution is 5.43. The Morgan fingerprint density at radius 1 is 1.24 bits per heavy atom. The van der Waals surface area contributed by atoms with Gasteiger partial charge in [-0.3, -0.25) is 0 Å². The SMILES string of the molecule is CCC(NC)C(C)c1ccc(OC)cc1OC. The first-order valence-corrected chi connectivity index (χ1v) is 6.07. The fourth-order valence-electron chi connectivity index (χ4n) is 2.22. The van der Waals surface area contributed by atoms with Gasteiger partial charge in [-0.15, -0.1) is 0 Å². The molecule has 0 aliphatic carbocycles. The molecule has 0 fully saturated rings. The van der Waals surface area contributed by atoms with Crippen LogP contribution in [-0.4, -0.2) is 27.3 Å². The summed E-state index contributed by atoms with van der Waals surface area (Å²) >= 11 is 0. The lowest BCUT2D eigenvalue weighted by Crippen LogP contribution is -2.30. The van der Waals surface area contributed by atoms with Crippen molar-refractivity contribution in [3.63, 3.8) is 0 Å². The van der Waals surface area contributed by atoms with Gasteiger partial charge in [0.25, 0.3) is 0 Å². The van der Waals surface area contributed by atoms with Crippen molar-refractivity contribution in [3.8, 4) is 11.5 Å². The first-order valence-electron chi connectivity index (χ1n) is 6.07. The minimum atomic E-state index is 0.408. The summed E-state index contributed by atoms with van der Waals surface area (Å²) in [5.41, 5.74) is 1.22. The third-order valence-electron chi connectivity index (χ3n) is 3.35. The van der Waals surface area contributed by atoms with Gasteiger partial charge in [-0.1, -0.05) is 19.9 Å². The third-order valence-corrected chi connectivity index (χ3v) is 3.35. The van der Waals surface area contributed by atoms with Crippen LogP contribution in [0.2, 0.25) is 0 Å². The van der Waals surface area contributed by atoms with Crippen LogP contribution in [0.3, 0.4) is 0 Å². The van der Waals surface area contributed by atoms with E-state index in [4.69, 9.17) is 9.47 Å². The molecule has 1 aromatic carbocycles. The van der Waals surface area contributed by atoms with Crippen LogP contribution in [0, 0.1) is 0 Å². The second-order valence-corrected chi connectivity index (χ2v) is 4.20. The Morgan fingerprint density at radius 2 is 1.94 bits per heavy atom. The minimum absolute atomic E-state index is 0.408. The molecule has 0 aliphatic heterocycles. The number of benzene rings is 1. The summed E-state index contributed by atoms with van der Waals surface area (Å²) in [5, 5.41) is 3.34. The molecule has 1 rings (SSSR count). The lowest BCUT2D eigenvalue weighted by Gasteiger charge is -2.24. The number of hydrogen-bond acceptors (Lipinski definition) is 3. The molecule has 0 radical (unpaired) electrons. The van der Waals surface area contributed by atoms with Crippen molar-refractivity contribution in [2.45, 2.75) is 32.2 Å². The summed E-state index contributed by atoms with van der Waals surface area (Å²) in [6.07, 6.45) is 1.09. The normalized spacial score (nSPS) is 14.2. The first-order chi connectivity index (χ1) is 8.17. The van der Waals surface area contributed by atoms with Crippen molar-refractivity contribution in [1.29, 1.82) is 0 Å². The lowest BCUT2D eigenvalue weighted by atomic mass is 9.91. The summed E-state index contributed by atoms with van der Waals surface area (Å²) in [5.74, 6) is 2.13. The zero-order chi connectivity index (χ0) is 12.8. The molecule has 0 heterocycles. The second kappa shape index (κ2) is 6.50. The van der Waals surface area contributed by atoms with Crippen molar-refractivity contribution in [1.82, 2.24) is 5.32 Å². The highest BCUT2D eigenvalue weighted by Crippen LogP contribution is 2.32. The second-order valence-electron chi connectivity index (χ2n) is 4.20. The molecule has 1 aromatic rings. The smallest absolute Gasteiger partial charge is 0.126 e. The quantitative estimate of drug-likeness (QED) is 0.825. The van der Waals surface area contributed by atoms with E-state index in [0.717, 1.165) is 17.9 Å². The van der Waals surface area contributed by atoms with E-state index < -0.39 is 0 Å². The van der Waals surface area contributed by atoms with Gasteiger partial charge in [0.05, 0.1) is 14.2 Å². The molecule has 0 aromatic heterocycles. The predicted molar refractivity (Wildman–Crippen MR) is 71.1 cm³/mol. The molecule has 0 saturated carbocycles. The highest BCUT2D eigenvalue weighted by atomic mass is 16.5. The maximum absolute atomic E-state index is 5.44. The van der Waals surface area contributed by atoms with Gasteiger partial charge in [0.1, 0.15) is 11.5 Å². The Bertz CT molecular complexity index is 348. The molecular weight excluding hydrogens is 214 g/mol. The first kappa shape index (κ1) is 13.8. The number of nitrogens with one attached hydrogen (secondary N) is 1. The summed E-state index contributed by atoms with van der Waals surface area (Å²) in [4.78, 5) is 0. The molecular formula is C14H23NO2. The van der Waals surface area contributed by atoms with Crippen LogP contribution < -0.4 is 14.8 Å². The van der Waals surface area contributed by atoms with Gasteiger partial charge in [-0.05, 0) is 25.1 Å². The standard InChI is InChI=1S/C14H23NO2/c1-6-13(15-3)10(2)12-8-7-11(16-4)9-14(12)17-5/h7-10,13,15H,6H2,1-5H3. The van der Waals surface area contributed by atoms with Gasteiger partial charge < -0.3 is 14.8 Å². The van der Waals surface area contributed by atoms with Gasteiger partial charge in [0.15, 0.2) is 0 Å². The average molecular weight is 237 g/mol. The summed E-state index contributed by atoms with van der Waals surface area (Å²) in [6.45, 7) is 4.41. The van der Waals surface area contributed by atoms with Crippen LogP contribution in [0.25, 0.3) is 0 Å². The largest absolute Gasteiger partial charge is 0.497 e. The third kappa shape index (κ3) is 3.13. The molecule has 3 nitrogen and oxygen atoms in total. The van der Waals surface area contributed by atoms with Crippen LogP contribution in [0.15, 0.2) is 18.2 Å². The van der Waals surface area contributed by atoms with Crippen molar-refractivity contribution in [3.05, 3.63) is 23.8 Å². The van der Waals surface area contributed by atoms with Crippen molar-refractivity contribution in [2.24, 2.45) is 0 Å². The van der Waals surface area contributed by atoms with Crippen LogP contribution in [0.1, 0.15) is 31.7 Å². The van der Waals surface area contributed by atoms with E-state index in [-0.39, 0.29) is 0 Å².